The first-order valence-corrected chi connectivity index (χ1v) is 6.06. The molecule has 2 N–H and O–H groups in total. The molecule has 0 amide bonds. The van der Waals surface area contributed by atoms with Crippen LogP contribution in [0.25, 0.3) is 0 Å². The topological polar surface area (TPSA) is 47.1 Å². The maximum Gasteiger partial charge on any atom is 0.145 e. The zero-order valence-corrected chi connectivity index (χ0v) is 10.3. The second kappa shape index (κ2) is 4.45. The molecule has 1 aromatic heterocycles. The van der Waals surface area contributed by atoms with Crippen molar-refractivity contribution in [3.63, 3.8) is 0 Å². The van der Waals surface area contributed by atoms with Gasteiger partial charge in [-0.2, -0.15) is 5.10 Å². The Morgan fingerprint density at radius 3 is 2.81 bits per heavy atom. The van der Waals surface area contributed by atoms with Gasteiger partial charge >= 0.3 is 0 Å². The van der Waals surface area contributed by atoms with Gasteiger partial charge in [0.25, 0.3) is 0 Å². The minimum absolute atomic E-state index is 0.510. The van der Waals surface area contributed by atoms with Crippen molar-refractivity contribution in [2.24, 2.45) is 5.41 Å². The molecule has 1 aromatic rings. The Balaban J connectivity index is 1.69. The standard InChI is InChI=1S/C12H22N4/c1-12(2)5-9-15(10-12)6-3-7-16-8-4-11(13)14-16/h4,8H,3,5-7,9-10H2,1-2H3,(H2,13,14). The van der Waals surface area contributed by atoms with E-state index in [1.54, 1.807) is 0 Å². The Bertz CT molecular complexity index is 343. The lowest BCUT2D eigenvalue weighted by molar-refractivity contribution is 0.281. The maximum absolute atomic E-state index is 5.57. The van der Waals surface area contributed by atoms with Crippen LogP contribution in [0, 0.1) is 5.41 Å². The van der Waals surface area contributed by atoms with E-state index in [2.05, 4.69) is 23.8 Å². The van der Waals surface area contributed by atoms with Crippen LogP contribution in [0.5, 0.6) is 0 Å². The Labute approximate surface area is 97.4 Å². The van der Waals surface area contributed by atoms with Gasteiger partial charge in [0.15, 0.2) is 0 Å². The van der Waals surface area contributed by atoms with Crippen molar-refractivity contribution < 1.29 is 0 Å². The summed E-state index contributed by atoms with van der Waals surface area (Å²) >= 11 is 0. The highest BCUT2D eigenvalue weighted by molar-refractivity contribution is 5.23. The highest BCUT2D eigenvalue weighted by Crippen LogP contribution is 2.28. The minimum Gasteiger partial charge on any atom is -0.382 e. The number of rotatable bonds is 4. The average Bonchev–Trinajstić information content (AvgIpc) is 2.73. The van der Waals surface area contributed by atoms with Crippen molar-refractivity contribution in [3.8, 4) is 0 Å². The summed E-state index contributed by atoms with van der Waals surface area (Å²) in [5.74, 6) is 0.613. The third kappa shape index (κ3) is 2.98. The molecule has 1 aliphatic rings. The monoisotopic (exact) mass is 222 g/mol. The van der Waals surface area contributed by atoms with Crippen molar-refractivity contribution in [3.05, 3.63) is 12.3 Å². The number of aromatic nitrogens is 2. The van der Waals surface area contributed by atoms with Gasteiger partial charge in [0.2, 0.25) is 0 Å². The van der Waals surface area contributed by atoms with E-state index < -0.39 is 0 Å². The predicted molar refractivity (Wildman–Crippen MR) is 66.1 cm³/mol. The predicted octanol–water partition coefficient (Wildman–Crippen LogP) is 1.59. The van der Waals surface area contributed by atoms with E-state index >= 15 is 0 Å². The maximum atomic E-state index is 5.57. The molecule has 1 saturated heterocycles. The lowest BCUT2D eigenvalue weighted by atomic mass is 9.93. The van der Waals surface area contributed by atoms with Crippen LogP contribution in [0.2, 0.25) is 0 Å². The zero-order chi connectivity index (χ0) is 11.6. The number of nitrogens with zero attached hydrogens (tertiary/aromatic N) is 3. The number of hydrogen-bond acceptors (Lipinski definition) is 3. The summed E-state index contributed by atoms with van der Waals surface area (Å²) in [4.78, 5) is 2.55. The number of anilines is 1. The van der Waals surface area contributed by atoms with Crippen LogP contribution in [0.3, 0.4) is 0 Å². The molecule has 90 valence electrons. The van der Waals surface area contributed by atoms with Crippen molar-refractivity contribution in [1.29, 1.82) is 0 Å². The molecule has 0 saturated carbocycles. The fourth-order valence-electron chi connectivity index (χ4n) is 2.37. The smallest absolute Gasteiger partial charge is 0.145 e. The molecule has 0 bridgehead atoms. The molecule has 0 atom stereocenters. The van der Waals surface area contributed by atoms with Gasteiger partial charge in [0.1, 0.15) is 5.82 Å². The molecule has 4 nitrogen and oxygen atoms in total. The summed E-state index contributed by atoms with van der Waals surface area (Å²) in [6.45, 7) is 9.31. The Hall–Kier alpha value is -1.03. The number of aryl methyl sites for hydroxylation is 1. The van der Waals surface area contributed by atoms with Crippen molar-refractivity contribution in [1.82, 2.24) is 14.7 Å². The molecular formula is C12H22N4. The molecular weight excluding hydrogens is 200 g/mol. The molecule has 1 fully saturated rings. The number of nitrogens with two attached hydrogens (primary N) is 1. The van der Waals surface area contributed by atoms with Gasteiger partial charge < -0.3 is 10.6 Å². The first-order chi connectivity index (χ1) is 7.55. The fourth-order valence-corrected chi connectivity index (χ4v) is 2.37. The molecule has 4 heteroatoms. The molecule has 0 spiro atoms. The summed E-state index contributed by atoms with van der Waals surface area (Å²) in [6.07, 6.45) is 4.42. The van der Waals surface area contributed by atoms with E-state index in [4.69, 9.17) is 5.73 Å². The van der Waals surface area contributed by atoms with Crippen molar-refractivity contribution in [2.75, 3.05) is 25.4 Å². The largest absolute Gasteiger partial charge is 0.382 e. The van der Waals surface area contributed by atoms with E-state index in [1.807, 2.05) is 16.9 Å². The third-order valence-corrected chi connectivity index (χ3v) is 3.28. The second-order valence-electron chi connectivity index (χ2n) is 5.55. The van der Waals surface area contributed by atoms with Crippen molar-refractivity contribution >= 4 is 5.82 Å². The zero-order valence-electron chi connectivity index (χ0n) is 10.3. The minimum atomic E-state index is 0.510. The van der Waals surface area contributed by atoms with Crippen LogP contribution in [0.1, 0.15) is 26.7 Å². The Morgan fingerprint density at radius 1 is 1.44 bits per heavy atom. The molecule has 0 unspecified atom stereocenters. The van der Waals surface area contributed by atoms with Crippen molar-refractivity contribution in [2.45, 2.75) is 33.2 Å². The van der Waals surface area contributed by atoms with Crippen LogP contribution in [-0.4, -0.2) is 34.3 Å². The van der Waals surface area contributed by atoms with Crippen LogP contribution in [-0.2, 0) is 6.54 Å². The summed E-state index contributed by atoms with van der Waals surface area (Å²) < 4.78 is 1.93. The molecule has 2 rings (SSSR count). The van der Waals surface area contributed by atoms with Crippen LogP contribution < -0.4 is 5.73 Å². The van der Waals surface area contributed by atoms with Gasteiger partial charge in [0, 0.05) is 19.3 Å². The van der Waals surface area contributed by atoms with E-state index in [1.165, 1.54) is 26.1 Å². The highest BCUT2D eigenvalue weighted by Gasteiger charge is 2.28. The lowest BCUT2D eigenvalue weighted by Gasteiger charge is -2.19. The number of likely N-dealkylation sites (tertiary alicyclic amines) is 1. The van der Waals surface area contributed by atoms with Gasteiger partial charge in [-0.3, -0.25) is 4.68 Å². The Morgan fingerprint density at radius 2 is 2.25 bits per heavy atom. The Kier molecular flexibility index (Phi) is 3.19. The normalized spacial score (nSPS) is 20.4. The third-order valence-electron chi connectivity index (χ3n) is 3.28. The summed E-state index contributed by atoms with van der Waals surface area (Å²) in [5.41, 5.74) is 6.08. The summed E-state index contributed by atoms with van der Waals surface area (Å²) in [7, 11) is 0. The first kappa shape index (κ1) is 11.5. The number of hydrogen-bond donors (Lipinski definition) is 1. The SMILES string of the molecule is CC1(C)CCN(CCCn2ccc(N)n2)C1. The van der Waals surface area contributed by atoms with E-state index in [9.17, 15) is 0 Å². The van der Waals surface area contributed by atoms with Crippen LogP contribution in [0.4, 0.5) is 5.82 Å². The average molecular weight is 222 g/mol. The van der Waals surface area contributed by atoms with Crippen LogP contribution in [0.15, 0.2) is 12.3 Å². The molecule has 0 aromatic carbocycles. The molecule has 0 radical (unpaired) electrons. The van der Waals surface area contributed by atoms with E-state index in [-0.39, 0.29) is 0 Å². The van der Waals surface area contributed by atoms with E-state index in [0.717, 1.165) is 13.0 Å². The molecule has 16 heavy (non-hydrogen) atoms. The van der Waals surface area contributed by atoms with Gasteiger partial charge in [-0.05, 0) is 37.4 Å². The van der Waals surface area contributed by atoms with Gasteiger partial charge in [-0.1, -0.05) is 13.8 Å². The quantitative estimate of drug-likeness (QED) is 0.841. The summed E-state index contributed by atoms with van der Waals surface area (Å²) in [5, 5.41) is 4.18. The van der Waals surface area contributed by atoms with Gasteiger partial charge in [0.05, 0.1) is 0 Å². The van der Waals surface area contributed by atoms with Gasteiger partial charge in [-0.15, -0.1) is 0 Å². The molecule has 0 aliphatic carbocycles. The second-order valence-corrected chi connectivity index (χ2v) is 5.55. The number of nitrogen functional groups attached to an aromatic ring is 1. The molecule has 1 aliphatic heterocycles. The fraction of sp³-hybridized carbons (Fsp3) is 0.750. The van der Waals surface area contributed by atoms with Gasteiger partial charge in [-0.25, -0.2) is 0 Å². The lowest BCUT2D eigenvalue weighted by Crippen LogP contribution is -2.25. The first-order valence-electron chi connectivity index (χ1n) is 6.06. The van der Waals surface area contributed by atoms with Crippen LogP contribution >= 0.6 is 0 Å². The molecule has 2 heterocycles. The van der Waals surface area contributed by atoms with E-state index in [0.29, 0.717) is 11.2 Å². The summed E-state index contributed by atoms with van der Waals surface area (Å²) in [6, 6.07) is 1.85. The highest BCUT2D eigenvalue weighted by atomic mass is 15.3.